The van der Waals surface area contributed by atoms with Gasteiger partial charge in [-0.1, -0.05) is 0 Å². The summed E-state index contributed by atoms with van der Waals surface area (Å²) in [6.07, 6.45) is 0.709. The number of carbonyl (C=O) groups is 2. The molecule has 1 aliphatic rings. The number of carbonyl (C=O) groups excluding carboxylic acids is 2. The second-order valence-corrected chi connectivity index (χ2v) is 6.98. The minimum absolute atomic E-state index is 0. The van der Waals surface area contributed by atoms with Gasteiger partial charge < -0.3 is 16.0 Å². The van der Waals surface area contributed by atoms with Crippen molar-refractivity contribution < 1.29 is 9.59 Å². The third kappa shape index (κ3) is 4.48. The summed E-state index contributed by atoms with van der Waals surface area (Å²) in [5, 5.41) is 17.4. The Kier molecular flexibility index (Phi) is 6.27. The van der Waals surface area contributed by atoms with Crippen molar-refractivity contribution in [2.24, 2.45) is 19.5 Å². The lowest BCUT2D eigenvalue weighted by Crippen LogP contribution is -2.41. The van der Waals surface area contributed by atoms with Gasteiger partial charge in [0.15, 0.2) is 0 Å². The molecule has 1 fully saturated rings. The lowest BCUT2D eigenvalue weighted by Gasteiger charge is -2.26. The minimum atomic E-state index is -0.782. The van der Waals surface area contributed by atoms with E-state index in [0.717, 1.165) is 11.4 Å². The highest BCUT2D eigenvalue weighted by Gasteiger charge is 2.43. The molecule has 0 saturated carbocycles. The van der Waals surface area contributed by atoms with Crippen LogP contribution in [0.1, 0.15) is 24.2 Å². The maximum atomic E-state index is 13.0. The van der Waals surface area contributed by atoms with Crippen LogP contribution in [0.2, 0.25) is 0 Å². The normalized spacial score (nSPS) is 18.8. The van der Waals surface area contributed by atoms with Gasteiger partial charge in [-0.3, -0.25) is 19.0 Å². The Labute approximate surface area is 164 Å². The zero-order chi connectivity index (χ0) is 18.9. The molecule has 0 bridgehead atoms. The van der Waals surface area contributed by atoms with Crippen LogP contribution in [0.15, 0.2) is 12.1 Å². The lowest BCUT2D eigenvalue weighted by molar-refractivity contribution is -0.129. The highest BCUT2D eigenvalue weighted by Crippen LogP contribution is 2.32. The average molecular weight is 396 g/mol. The Morgan fingerprint density at radius 2 is 1.67 bits per heavy atom. The van der Waals surface area contributed by atoms with Gasteiger partial charge in [0.25, 0.3) is 0 Å². The summed E-state index contributed by atoms with van der Waals surface area (Å²) < 4.78 is 3.24. The number of aryl methyl sites for hydroxylation is 4. The van der Waals surface area contributed by atoms with Gasteiger partial charge in [-0.2, -0.15) is 10.2 Å². The van der Waals surface area contributed by atoms with Gasteiger partial charge in [0.05, 0.1) is 16.8 Å². The number of halogens is 1. The second kappa shape index (κ2) is 8.10. The number of hydrogen-bond donors (Lipinski definition) is 3. The van der Waals surface area contributed by atoms with E-state index in [9.17, 15) is 9.59 Å². The molecule has 1 aliphatic heterocycles. The highest BCUT2D eigenvalue weighted by atomic mass is 35.5. The molecule has 10 heteroatoms. The molecule has 1 atom stereocenters. The van der Waals surface area contributed by atoms with Crippen LogP contribution in [0.4, 0.5) is 11.6 Å². The Morgan fingerprint density at radius 3 is 2.11 bits per heavy atom. The van der Waals surface area contributed by atoms with Crippen molar-refractivity contribution >= 4 is 35.9 Å². The van der Waals surface area contributed by atoms with E-state index in [1.165, 1.54) is 0 Å². The van der Waals surface area contributed by atoms with E-state index in [-0.39, 0.29) is 30.6 Å². The molecule has 148 valence electrons. The maximum absolute atomic E-state index is 13.0. The van der Waals surface area contributed by atoms with Crippen molar-refractivity contribution in [2.75, 3.05) is 23.7 Å². The summed E-state index contributed by atoms with van der Waals surface area (Å²) in [6, 6.07) is 3.61. The summed E-state index contributed by atoms with van der Waals surface area (Å²) in [4.78, 5) is 25.6. The van der Waals surface area contributed by atoms with Gasteiger partial charge in [-0.05, 0) is 26.8 Å². The molecule has 0 spiro atoms. The van der Waals surface area contributed by atoms with E-state index in [4.69, 9.17) is 0 Å². The number of anilines is 2. The van der Waals surface area contributed by atoms with Gasteiger partial charge >= 0.3 is 0 Å². The molecule has 27 heavy (non-hydrogen) atoms. The molecular formula is C17H26ClN7O2. The topological polar surface area (TPSA) is 106 Å². The number of rotatable bonds is 5. The van der Waals surface area contributed by atoms with Crippen molar-refractivity contribution in [1.29, 1.82) is 0 Å². The number of amides is 2. The third-order valence-electron chi connectivity index (χ3n) is 4.74. The van der Waals surface area contributed by atoms with Crippen LogP contribution < -0.4 is 16.0 Å². The monoisotopic (exact) mass is 395 g/mol. The third-order valence-corrected chi connectivity index (χ3v) is 4.74. The molecule has 0 aliphatic carbocycles. The van der Waals surface area contributed by atoms with Crippen LogP contribution in [0.3, 0.4) is 0 Å². The van der Waals surface area contributed by atoms with Gasteiger partial charge in [-0.25, -0.2) is 0 Å². The molecule has 1 unspecified atom stereocenters. The largest absolute Gasteiger partial charge is 0.316 e. The van der Waals surface area contributed by atoms with Crippen LogP contribution >= 0.6 is 12.4 Å². The fourth-order valence-corrected chi connectivity index (χ4v) is 3.37. The highest BCUT2D eigenvalue weighted by molar-refractivity contribution is 6.00. The summed E-state index contributed by atoms with van der Waals surface area (Å²) in [5.41, 5.74) is 0.866. The van der Waals surface area contributed by atoms with E-state index in [1.54, 1.807) is 29.5 Å². The molecule has 0 aromatic carbocycles. The van der Waals surface area contributed by atoms with Gasteiger partial charge in [-0.15, -0.1) is 12.4 Å². The molecule has 3 rings (SSSR count). The molecule has 1 saturated heterocycles. The van der Waals surface area contributed by atoms with E-state index in [0.29, 0.717) is 31.1 Å². The van der Waals surface area contributed by atoms with E-state index >= 15 is 0 Å². The Hall–Kier alpha value is -2.39. The van der Waals surface area contributed by atoms with E-state index in [1.807, 2.05) is 19.9 Å². The Bertz CT molecular complexity index is 836. The van der Waals surface area contributed by atoms with Crippen molar-refractivity contribution in [1.82, 2.24) is 24.9 Å². The first-order valence-corrected chi connectivity index (χ1v) is 8.62. The van der Waals surface area contributed by atoms with Gasteiger partial charge in [0.2, 0.25) is 11.8 Å². The summed E-state index contributed by atoms with van der Waals surface area (Å²) in [7, 11) is 3.55. The van der Waals surface area contributed by atoms with Crippen LogP contribution in [0, 0.1) is 19.3 Å². The summed E-state index contributed by atoms with van der Waals surface area (Å²) in [6.45, 7) is 4.90. The van der Waals surface area contributed by atoms with Gasteiger partial charge in [0, 0.05) is 39.2 Å². The quantitative estimate of drug-likeness (QED) is 0.704. The van der Waals surface area contributed by atoms with Crippen molar-refractivity contribution in [3.63, 3.8) is 0 Å². The smallest absolute Gasteiger partial charge is 0.233 e. The maximum Gasteiger partial charge on any atom is 0.233 e. The van der Waals surface area contributed by atoms with Crippen LogP contribution in [0.5, 0.6) is 0 Å². The SMILES string of the molecule is Cc1cc(NC(=O)CC2(C(=O)Nc3cc(C)nn3C)CCNC2)n(C)n1.Cl. The molecule has 2 aromatic rings. The van der Waals surface area contributed by atoms with E-state index in [2.05, 4.69) is 26.1 Å². The number of nitrogens with one attached hydrogen (secondary N) is 3. The van der Waals surface area contributed by atoms with Crippen LogP contribution in [-0.2, 0) is 23.7 Å². The predicted octanol–water partition coefficient (Wildman–Crippen LogP) is 1.14. The van der Waals surface area contributed by atoms with Crippen molar-refractivity contribution in [2.45, 2.75) is 26.7 Å². The van der Waals surface area contributed by atoms with E-state index < -0.39 is 5.41 Å². The molecule has 2 aromatic heterocycles. The average Bonchev–Trinajstić information content (AvgIpc) is 3.21. The molecule has 2 amide bonds. The van der Waals surface area contributed by atoms with Crippen LogP contribution in [0.25, 0.3) is 0 Å². The molecule has 9 nitrogen and oxygen atoms in total. The Balaban J connectivity index is 0.00000261. The zero-order valence-corrected chi connectivity index (χ0v) is 16.8. The molecule has 0 radical (unpaired) electrons. The minimum Gasteiger partial charge on any atom is -0.316 e. The number of hydrogen-bond acceptors (Lipinski definition) is 5. The lowest BCUT2D eigenvalue weighted by atomic mass is 9.82. The first-order valence-electron chi connectivity index (χ1n) is 8.62. The summed E-state index contributed by atoms with van der Waals surface area (Å²) >= 11 is 0. The fourth-order valence-electron chi connectivity index (χ4n) is 3.37. The van der Waals surface area contributed by atoms with Crippen molar-refractivity contribution in [3.8, 4) is 0 Å². The van der Waals surface area contributed by atoms with Crippen LogP contribution in [-0.4, -0.2) is 44.5 Å². The zero-order valence-electron chi connectivity index (χ0n) is 16.0. The first-order chi connectivity index (χ1) is 12.3. The molecule has 3 heterocycles. The predicted molar refractivity (Wildman–Crippen MR) is 105 cm³/mol. The molecular weight excluding hydrogens is 370 g/mol. The van der Waals surface area contributed by atoms with Gasteiger partial charge in [0.1, 0.15) is 11.6 Å². The Morgan fingerprint density at radius 1 is 1.11 bits per heavy atom. The summed E-state index contributed by atoms with van der Waals surface area (Å²) in [5.74, 6) is 0.882. The second-order valence-electron chi connectivity index (χ2n) is 6.98. The van der Waals surface area contributed by atoms with Crippen molar-refractivity contribution in [3.05, 3.63) is 23.5 Å². The first kappa shape index (κ1) is 20.9. The standard InChI is InChI=1S/C17H25N7O2.ClH/c1-11-7-13(23(3)21-11)19-15(25)9-17(5-6-18-10-17)16(26)20-14-8-12(2)22-24(14)4;/h7-8,18H,5-6,9-10H2,1-4H3,(H,19,25)(H,20,26);1H. The number of nitrogens with zero attached hydrogens (tertiary/aromatic N) is 4. The molecule has 3 N–H and O–H groups in total. The number of aromatic nitrogens is 4. The fraction of sp³-hybridized carbons (Fsp3) is 0.529.